The molecule has 4 aromatic heterocycles. The Balaban J connectivity index is 0.987. The van der Waals surface area contributed by atoms with Crippen LogP contribution in [0.25, 0.3) is 83.6 Å². The molecule has 6 nitrogen and oxygen atoms in total. The number of hydrogen-bond acceptors (Lipinski definition) is 5. The monoisotopic (exact) mass is 762 g/mol. The van der Waals surface area contributed by atoms with E-state index in [1.54, 1.807) is 35.9 Å². The van der Waals surface area contributed by atoms with E-state index in [9.17, 15) is 0 Å². The van der Waals surface area contributed by atoms with Gasteiger partial charge in [-0.15, -0.1) is 0 Å². The Kier molecular flexibility index (Phi) is 7.22. The molecule has 5 aliphatic rings. The molecule has 14 rings (SSSR count). The van der Waals surface area contributed by atoms with Crippen molar-refractivity contribution in [1.82, 2.24) is 29.5 Å². The Morgan fingerprint density at radius 3 is 1.93 bits per heavy atom. The third-order valence-electron chi connectivity index (χ3n) is 14.9. The zero-order chi connectivity index (χ0) is 38.7. The predicted molar refractivity (Wildman–Crippen MR) is 236 cm³/mol. The van der Waals surface area contributed by atoms with Crippen molar-refractivity contribution in [2.24, 2.45) is 23.7 Å². The summed E-state index contributed by atoms with van der Waals surface area (Å²) < 4.78 is 2.41. The molecule has 4 bridgehead atoms. The summed E-state index contributed by atoms with van der Waals surface area (Å²) in [7, 11) is 0. The minimum atomic E-state index is 0.432. The normalized spacial score (nSPS) is 22.8. The van der Waals surface area contributed by atoms with Gasteiger partial charge in [0.25, 0.3) is 0 Å². The minimum Gasteiger partial charge on any atom is -0.308 e. The zero-order valence-corrected chi connectivity index (χ0v) is 32.8. The van der Waals surface area contributed by atoms with Crippen molar-refractivity contribution in [2.75, 3.05) is 0 Å². The number of hydrogen-bond donors (Lipinski definition) is 0. The Labute approximate surface area is 343 Å². The number of aryl methyl sites for hydroxylation is 1. The maximum Gasteiger partial charge on any atom is 0.166 e. The summed E-state index contributed by atoms with van der Waals surface area (Å²) in [4.78, 5) is 23.9. The molecular weight excluding hydrogens is 721 g/mol. The van der Waals surface area contributed by atoms with Gasteiger partial charge in [0, 0.05) is 57.7 Å². The molecule has 0 amide bonds. The summed E-state index contributed by atoms with van der Waals surface area (Å²) in [5.74, 6) is 5.51. The summed E-state index contributed by atoms with van der Waals surface area (Å²) in [6.07, 6.45) is 17.1. The highest BCUT2D eigenvalue weighted by Gasteiger charge is 2.59. The first-order valence-electron chi connectivity index (χ1n) is 21.4. The number of benzene rings is 5. The average molecular weight is 763 g/mol. The molecule has 4 heterocycles. The molecule has 5 aromatic carbocycles. The summed E-state index contributed by atoms with van der Waals surface area (Å²) in [5, 5.41) is 4.98. The molecule has 284 valence electrons. The van der Waals surface area contributed by atoms with E-state index in [1.807, 2.05) is 24.3 Å². The highest BCUT2D eigenvalue weighted by molar-refractivity contribution is 6.22. The standard InChI is InChI=1S/C53H42N6/c1-2-10-42-34(7-1)14-18-48-49(42)44-29-36(35-13-16-45-37(28-35)19-20-53(45)40-24-32-23-33(26-40)27-41(53)25-32)15-17-47(44)59(48)46-12-4-3-11-43(46)52-57-50(38-8-5-21-54-30-38)56-51(58-52)39-9-6-22-55-31-39/h1-18,21-22,28-33,40-41H,19-20,23-27H2. The highest BCUT2D eigenvalue weighted by atomic mass is 15.1. The molecule has 9 aromatic rings. The Bertz CT molecular complexity index is 3050. The van der Waals surface area contributed by atoms with Gasteiger partial charge in [0.2, 0.25) is 0 Å². The third-order valence-corrected chi connectivity index (χ3v) is 14.9. The minimum absolute atomic E-state index is 0.432. The van der Waals surface area contributed by atoms with Crippen molar-refractivity contribution in [2.45, 2.75) is 50.4 Å². The van der Waals surface area contributed by atoms with Crippen molar-refractivity contribution in [3.63, 3.8) is 0 Å². The number of para-hydroxylation sites is 1. The highest BCUT2D eigenvalue weighted by Crippen LogP contribution is 2.66. The summed E-state index contributed by atoms with van der Waals surface area (Å²) in [6.45, 7) is 0. The van der Waals surface area contributed by atoms with E-state index < -0.39 is 0 Å². The van der Waals surface area contributed by atoms with Gasteiger partial charge in [-0.1, -0.05) is 66.7 Å². The summed E-state index contributed by atoms with van der Waals surface area (Å²) >= 11 is 0. The fourth-order valence-corrected chi connectivity index (χ4v) is 12.6. The molecule has 5 aliphatic carbocycles. The first-order valence-corrected chi connectivity index (χ1v) is 21.4. The lowest BCUT2D eigenvalue weighted by Gasteiger charge is -2.61. The van der Waals surface area contributed by atoms with Crippen LogP contribution in [0.3, 0.4) is 0 Å². The van der Waals surface area contributed by atoms with Crippen molar-refractivity contribution < 1.29 is 0 Å². The van der Waals surface area contributed by atoms with Crippen LogP contribution in [-0.4, -0.2) is 29.5 Å². The molecule has 0 saturated heterocycles. The van der Waals surface area contributed by atoms with E-state index in [-0.39, 0.29) is 0 Å². The lowest BCUT2D eigenvalue weighted by molar-refractivity contribution is -0.0602. The van der Waals surface area contributed by atoms with Gasteiger partial charge in [-0.25, -0.2) is 15.0 Å². The second-order valence-corrected chi connectivity index (χ2v) is 17.8. The maximum atomic E-state index is 5.12. The van der Waals surface area contributed by atoms with Crippen molar-refractivity contribution in [3.8, 4) is 51.0 Å². The first-order chi connectivity index (χ1) is 29.2. The van der Waals surface area contributed by atoms with Gasteiger partial charge in [-0.3, -0.25) is 9.97 Å². The number of aromatic nitrogens is 6. The van der Waals surface area contributed by atoms with Crippen LogP contribution in [0.4, 0.5) is 0 Å². The van der Waals surface area contributed by atoms with Gasteiger partial charge in [-0.2, -0.15) is 0 Å². The van der Waals surface area contributed by atoms with E-state index in [1.165, 1.54) is 77.6 Å². The first kappa shape index (κ1) is 33.4. The van der Waals surface area contributed by atoms with E-state index in [0.29, 0.717) is 22.9 Å². The lowest BCUT2D eigenvalue weighted by atomic mass is 9.44. The molecule has 0 atom stereocenters. The van der Waals surface area contributed by atoms with Crippen LogP contribution in [0, 0.1) is 23.7 Å². The summed E-state index contributed by atoms with van der Waals surface area (Å²) in [5.41, 5.74) is 12.2. The number of nitrogens with zero attached hydrogens (tertiary/aromatic N) is 6. The second kappa shape index (κ2) is 12.7. The van der Waals surface area contributed by atoms with Crippen molar-refractivity contribution >= 4 is 32.6 Å². The third kappa shape index (κ3) is 5.02. The SMILES string of the molecule is c1cncc(-c2nc(-c3cccnc3)nc(-c3ccccc3-n3c4ccc(-c5ccc6c(c5)CCC65C6CC7CC(C6)CC5C7)cc4c4c5ccccc5ccc43)n2)c1. The molecule has 0 unspecified atom stereocenters. The number of pyridine rings is 2. The molecule has 0 radical (unpaired) electrons. The van der Waals surface area contributed by atoms with Crippen LogP contribution in [0.2, 0.25) is 0 Å². The largest absolute Gasteiger partial charge is 0.308 e. The number of rotatable bonds is 5. The molecular formula is C53H42N6. The smallest absolute Gasteiger partial charge is 0.166 e. The molecule has 6 heteroatoms. The fraction of sp³-hybridized carbons (Fsp3) is 0.226. The topological polar surface area (TPSA) is 69.4 Å². The Morgan fingerprint density at radius 1 is 0.525 bits per heavy atom. The van der Waals surface area contributed by atoms with E-state index in [2.05, 4.69) is 112 Å². The van der Waals surface area contributed by atoms with Gasteiger partial charge in [-0.05, 0) is 156 Å². The Morgan fingerprint density at radius 2 is 1.19 bits per heavy atom. The Hall–Kier alpha value is -6.53. The molecule has 0 aliphatic heterocycles. The van der Waals surface area contributed by atoms with Crippen LogP contribution < -0.4 is 0 Å². The van der Waals surface area contributed by atoms with Gasteiger partial charge in [0.05, 0.1) is 16.7 Å². The van der Waals surface area contributed by atoms with Gasteiger partial charge in [0.15, 0.2) is 17.5 Å². The maximum absolute atomic E-state index is 5.12. The van der Waals surface area contributed by atoms with Crippen molar-refractivity contribution in [1.29, 1.82) is 0 Å². The van der Waals surface area contributed by atoms with Crippen LogP contribution >= 0.6 is 0 Å². The van der Waals surface area contributed by atoms with E-state index in [0.717, 1.165) is 57.1 Å². The van der Waals surface area contributed by atoms with E-state index >= 15 is 0 Å². The van der Waals surface area contributed by atoms with Gasteiger partial charge < -0.3 is 4.57 Å². The molecule has 4 fully saturated rings. The van der Waals surface area contributed by atoms with Crippen LogP contribution in [0.15, 0.2) is 146 Å². The zero-order valence-electron chi connectivity index (χ0n) is 32.8. The molecule has 1 spiro atoms. The van der Waals surface area contributed by atoms with Crippen LogP contribution in [0.5, 0.6) is 0 Å². The van der Waals surface area contributed by atoms with Crippen molar-refractivity contribution in [3.05, 3.63) is 157 Å². The van der Waals surface area contributed by atoms with Crippen LogP contribution in [-0.2, 0) is 11.8 Å². The average Bonchev–Trinajstić information content (AvgIpc) is 3.84. The lowest BCUT2D eigenvalue weighted by Crippen LogP contribution is -2.54. The number of fused-ring (bicyclic) bond motifs is 6. The van der Waals surface area contributed by atoms with Gasteiger partial charge in [0.1, 0.15) is 0 Å². The van der Waals surface area contributed by atoms with E-state index in [4.69, 9.17) is 15.0 Å². The molecule has 59 heavy (non-hydrogen) atoms. The molecule has 4 saturated carbocycles. The molecule has 0 N–H and O–H groups in total. The predicted octanol–water partition coefficient (Wildman–Crippen LogP) is 12.2. The quantitative estimate of drug-likeness (QED) is 0.175. The van der Waals surface area contributed by atoms with Gasteiger partial charge >= 0.3 is 0 Å². The van der Waals surface area contributed by atoms with Crippen LogP contribution in [0.1, 0.15) is 49.7 Å². The fourth-order valence-electron chi connectivity index (χ4n) is 12.6. The second-order valence-electron chi connectivity index (χ2n) is 17.8. The summed E-state index contributed by atoms with van der Waals surface area (Å²) in [6, 6.07) is 44.3.